The predicted octanol–water partition coefficient (Wildman–Crippen LogP) is 5.76. The lowest BCUT2D eigenvalue weighted by Gasteiger charge is -2.19. The van der Waals surface area contributed by atoms with Gasteiger partial charge in [-0.3, -0.25) is 4.72 Å². The SMILES string of the molecule is COc1ccc(-c2cc3c(Cl)ccc(NS(=O)(=O)c4ccc(C(C)(C)C)cc4)n3n2)cc1. The van der Waals surface area contributed by atoms with E-state index in [9.17, 15) is 8.42 Å². The maximum absolute atomic E-state index is 13.0. The number of hydrogen-bond donors (Lipinski definition) is 1. The molecular formula is C24H24ClN3O3S. The van der Waals surface area contributed by atoms with Crippen LogP contribution in [0.15, 0.2) is 71.6 Å². The molecule has 0 bridgehead atoms. The number of nitrogens with zero attached hydrogens (tertiary/aromatic N) is 2. The highest BCUT2D eigenvalue weighted by Crippen LogP contribution is 2.29. The van der Waals surface area contributed by atoms with E-state index in [1.165, 1.54) is 4.52 Å². The fourth-order valence-corrected chi connectivity index (χ4v) is 4.59. The summed E-state index contributed by atoms with van der Waals surface area (Å²) >= 11 is 6.37. The molecule has 166 valence electrons. The molecule has 0 amide bonds. The lowest BCUT2D eigenvalue weighted by atomic mass is 9.87. The Morgan fingerprint density at radius 2 is 1.62 bits per heavy atom. The summed E-state index contributed by atoms with van der Waals surface area (Å²) in [7, 11) is -2.21. The molecule has 0 aliphatic rings. The van der Waals surface area contributed by atoms with Crippen LogP contribution in [0, 0.1) is 0 Å². The molecule has 0 aliphatic carbocycles. The fraction of sp³-hybridized carbons (Fsp3) is 0.208. The van der Waals surface area contributed by atoms with E-state index in [2.05, 4.69) is 30.6 Å². The first-order chi connectivity index (χ1) is 15.1. The Morgan fingerprint density at radius 1 is 0.969 bits per heavy atom. The molecular weight excluding hydrogens is 446 g/mol. The van der Waals surface area contributed by atoms with Crippen molar-refractivity contribution in [3.8, 4) is 17.0 Å². The molecule has 0 spiro atoms. The molecule has 2 aromatic heterocycles. The summed E-state index contributed by atoms with van der Waals surface area (Å²) in [6.45, 7) is 6.24. The quantitative estimate of drug-likeness (QED) is 0.403. The van der Waals surface area contributed by atoms with E-state index in [0.717, 1.165) is 16.9 Å². The molecule has 0 atom stereocenters. The van der Waals surface area contributed by atoms with Gasteiger partial charge in [-0.25, -0.2) is 12.9 Å². The lowest BCUT2D eigenvalue weighted by molar-refractivity contribution is 0.415. The smallest absolute Gasteiger partial charge is 0.263 e. The van der Waals surface area contributed by atoms with Gasteiger partial charge in [0.25, 0.3) is 10.0 Å². The standard InChI is InChI=1S/C24H24ClN3O3S/c1-24(2,3)17-7-11-19(12-8-17)32(29,30)27-23-14-13-20(25)22-15-21(26-28(22)23)16-5-9-18(31-4)10-6-16/h5-15,27H,1-4H3. The summed E-state index contributed by atoms with van der Waals surface area (Å²) in [5.74, 6) is 1.03. The van der Waals surface area contributed by atoms with Crippen LogP contribution in [0.2, 0.25) is 5.02 Å². The van der Waals surface area contributed by atoms with Gasteiger partial charge in [0.05, 0.1) is 28.2 Å². The molecule has 0 unspecified atom stereocenters. The second-order valence-electron chi connectivity index (χ2n) is 8.50. The first-order valence-electron chi connectivity index (χ1n) is 10.0. The van der Waals surface area contributed by atoms with E-state index >= 15 is 0 Å². The Morgan fingerprint density at radius 3 is 2.22 bits per heavy atom. The molecule has 0 aliphatic heterocycles. The molecule has 8 heteroatoms. The van der Waals surface area contributed by atoms with E-state index < -0.39 is 10.0 Å². The molecule has 1 N–H and O–H groups in total. The van der Waals surface area contributed by atoms with Gasteiger partial charge in [-0.05, 0) is 65.6 Å². The second-order valence-corrected chi connectivity index (χ2v) is 10.6. The van der Waals surface area contributed by atoms with Crippen LogP contribution in [0.1, 0.15) is 26.3 Å². The van der Waals surface area contributed by atoms with Crippen LogP contribution in [0.25, 0.3) is 16.8 Å². The summed E-state index contributed by atoms with van der Waals surface area (Å²) < 4.78 is 35.4. The molecule has 2 aromatic carbocycles. The Bertz CT molecular complexity index is 1370. The van der Waals surface area contributed by atoms with Crippen molar-refractivity contribution in [1.82, 2.24) is 9.61 Å². The van der Waals surface area contributed by atoms with Crippen molar-refractivity contribution in [2.24, 2.45) is 0 Å². The topological polar surface area (TPSA) is 72.7 Å². The number of ether oxygens (including phenoxy) is 1. The minimum atomic E-state index is -3.81. The number of fused-ring (bicyclic) bond motifs is 1. The number of benzene rings is 2. The van der Waals surface area contributed by atoms with E-state index in [0.29, 0.717) is 22.1 Å². The monoisotopic (exact) mass is 469 g/mol. The van der Waals surface area contributed by atoms with Crippen LogP contribution in [0.4, 0.5) is 5.82 Å². The largest absolute Gasteiger partial charge is 0.497 e. The molecule has 0 saturated heterocycles. The van der Waals surface area contributed by atoms with E-state index in [1.807, 2.05) is 42.5 Å². The molecule has 4 rings (SSSR count). The predicted molar refractivity (Wildman–Crippen MR) is 128 cm³/mol. The number of sulfonamides is 1. The van der Waals surface area contributed by atoms with E-state index in [-0.39, 0.29) is 10.3 Å². The average Bonchev–Trinajstić information content (AvgIpc) is 3.22. The molecule has 6 nitrogen and oxygen atoms in total. The average molecular weight is 470 g/mol. The van der Waals surface area contributed by atoms with Crippen molar-refractivity contribution in [1.29, 1.82) is 0 Å². The summed E-state index contributed by atoms with van der Waals surface area (Å²) in [4.78, 5) is 0.177. The Balaban J connectivity index is 1.71. The van der Waals surface area contributed by atoms with Gasteiger partial charge in [-0.2, -0.15) is 5.10 Å². The van der Waals surface area contributed by atoms with Gasteiger partial charge in [0.1, 0.15) is 11.6 Å². The minimum absolute atomic E-state index is 0.0645. The van der Waals surface area contributed by atoms with Crippen LogP contribution < -0.4 is 9.46 Å². The van der Waals surface area contributed by atoms with Gasteiger partial charge in [0.2, 0.25) is 0 Å². The molecule has 32 heavy (non-hydrogen) atoms. The number of anilines is 1. The zero-order chi connectivity index (χ0) is 23.1. The maximum atomic E-state index is 13.0. The zero-order valence-electron chi connectivity index (χ0n) is 18.3. The number of hydrogen-bond acceptors (Lipinski definition) is 4. The van der Waals surface area contributed by atoms with Gasteiger partial charge >= 0.3 is 0 Å². The lowest BCUT2D eigenvalue weighted by Crippen LogP contribution is -2.16. The highest BCUT2D eigenvalue weighted by molar-refractivity contribution is 7.92. The molecule has 0 saturated carbocycles. The number of halogens is 1. The Hall–Kier alpha value is -3.03. The highest BCUT2D eigenvalue weighted by atomic mass is 35.5. The van der Waals surface area contributed by atoms with Crippen molar-refractivity contribution in [3.05, 3.63) is 77.3 Å². The number of rotatable bonds is 5. The minimum Gasteiger partial charge on any atom is -0.497 e. The van der Waals surface area contributed by atoms with Crippen LogP contribution in [0.3, 0.4) is 0 Å². The van der Waals surface area contributed by atoms with Gasteiger partial charge < -0.3 is 4.74 Å². The number of methoxy groups -OCH3 is 1. The molecule has 4 aromatic rings. The third-order valence-corrected chi connectivity index (χ3v) is 6.92. The second kappa shape index (κ2) is 8.15. The van der Waals surface area contributed by atoms with Gasteiger partial charge in [-0.1, -0.05) is 44.5 Å². The molecule has 0 fully saturated rings. The van der Waals surface area contributed by atoms with Crippen molar-refractivity contribution in [2.45, 2.75) is 31.1 Å². The summed E-state index contributed by atoms with van der Waals surface area (Å²) in [6, 6.07) is 19.4. The van der Waals surface area contributed by atoms with Gasteiger partial charge in [0, 0.05) is 5.56 Å². The van der Waals surface area contributed by atoms with Gasteiger partial charge in [-0.15, -0.1) is 0 Å². The van der Waals surface area contributed by atoms with Crippen molar-refractivity contribution >= 4 is 33.0 Å². The molecule has 0 radical (unpaired) electrons. The normalized spacial score (nSPS) is 12.2. The van der Waals surface area contributed by atoms with E-state index in [1.54, 1.807) is 31.4 Å². The number of nitrogens with one attached hydrogen (secondary N) is 1. The van der Waals surface area contributed by atoms with E-state index in [4.69, 9.17) is 16.3 Å². The van der Waals surface area contributed by atoms with Crippen LogP contribution >= 0.6 is 11.6 Å². The Kier molecular flexibility index (Phi) is 5.65. The van der Waals surface area contributed by atoms with Crippen molar-refractivity contribution in [2.75, 3.05) is 11.8 Å². The third kappa shape index (κ3) is 4.31. The Labute approximate surface area is 192 Å². The maximum Gasteiger partial charge on any atom is 0.263 e. The van der Waals surface area contributed by atoms with Gasteiger partial charge in [0.15, 0.2) is 0 Å². The first kappa shape index (κ1) is 22.2. The zero-order valence-corrected chi connectivity index (χ0v) is 19.8. The fourth-order valence-electron chi connectivity index (χ4n) is 3.35. The summed E-state index contributed by atoms with van der Waals surface area (Å²) in [6.07, 6.45) is 0. The summed E-state index contributed by atoms with van der Waals surface area (Å²) in [5, 5.41) is 5.06. The van der Waals surface area contributed by atoms with Crippen LogP contribution in [-0.2, 0) is 15.4 Å². The molecule has 2 heterocycles. The van der Waals surface area contributed by atoms with Crippen molar-refractivity contribution < 1.29 is 13.2 Å². The number of aromatic nitrogens is 2. The third-order valence-electron chi connectivity index (χ3n) is 5.23. The first-order valence-corrected chi connectivity index (χ1v) is 11.9. The van der Waals surface area contributed by atoms with Crippen molar-refractivity contribution in [3.63, 3.8) is 0 Å². The highest BCUT2D eigenvalue weighted by Gasteiger charge is 2.20. The number of pyridine rings is 1. The van der Waals surface area contributed by atoms with Crippen LogP contribution in [0.5, 0.6) is 5.75 Å². The summed E-state index contributed by atoms with van der Waals surface area (Å²) in [5.41, 5.74) is 3.11. The van der Waals surface area contributed by atoms with Crippen LogP contribution in [-0.4, -0.2) is 25.1 Å².